The highest BCUT2D eigenvalue weighted by Crippen LogP contribution is 2.35. The molecular formula is C19H28FN3O3. The number of ether oxygens (including phenoxy) is 2. The number of nitrogens with one attached hydrogen (secondary N) is 2. The Kier molecular flexibility index (Phi) is 6.43. The van der Waals surface area contributed by atoms with E-state index in [4.69, 9.17) is 9.47 Å². The lowest BCUT2D eigenvalue weighted by molar-refractivity contribution is -0.122. The van der Waals surface area contributed by atoms with Gasteiger partial charge in [0.15, 0.2) is 0 Å². The Bertz CT molecular complexity index is 627. The van der Waals surface area contributed by atoms with Crippen molar-refractivity contribution in [2.45, 2.75) is 63.1 Å². The van der Waals surface area contributed by atoms with E-state index in [1.165, 1.54) is 13.2 Å². The van der Waals surface area contributed by atoms with Crippen LogP contribution in [0.2, 0.25) is 0 Å². The highest BCUT2D eigenvalue weighted by atomic mass is 19.1. The molecule has 2 fully saturated rings. The summed E-state index contributed by atoms with van der Waals surface area (Å²) in [5, 5.41) is 6.00. The first kappa shape index (κ1) is 19.0. The lowest BCUT2D eigenvalue weighted by Crippen LogP contribution is -2.40. The maximum Gasteiger partial charge on any atom is 0.237 e. The van der Waals surface area contributed by atoms with E-state index < -0.39 is 0 Å². The van der Waals surface area contributed by atoms with Crippen molar-refractivity contribution in [3.05, 3.63) is 23.1 Å². The second-order valence-electron chi connectivity index (χ2n) is 7.10. The molecule has 144 valence electrons. The molecule has 1 amide bonds. The van der Waals surface area contributed by atoms with E-state index in [0.717, 1.165) is 45.1 Å². The predicted octanol–water partition coefficient (Wildman–Crippen LogP) is 2.27. The topological polar surface area (TPSA) is 72.5 Å². The fraction of sp³-hybridized carbons (Fsp3) is 0.684. The molecule has 1 aromatic heterocycles. The normalized spacial score (nSPS) is 25.9. The van der Waals surface area contributed by atoms with Crippen LogP contribution in [0.5, 0.6) is 5.88 Å². The Morgan fingerprint density at radius 3 is 2.69 bits per heavy atom. The minimum absolute atomic E-state index is 0.0630. The summed E-state index contributed by atoms with van der Waals surface area (Å²) in [5.41, 5.74) is 1.02. The largest absolute Gasteiger partial charge is 0.481 e. The average Bonchev–Trinajstić information content (AvgIpc) is 3.21. The third kappa shape index (κ3) is 4.32. The van der Waals surface area contributed by atoms with Crippen LogP contribution in [0.1, 0.15) is 55.7 Å². The molecular weight excluding hydrogens is 337 g/mol. The predicted molar refractivity (Wildman–Crippen MR) is 95.6 cm³/mol. The van der Waals surface area contributed by atoms with Crippen molar-refractivity contribution < 1.29 is 18.7 Å². The molecule has 1 aliphatic carbocycles. The first-order valence-corrected chi connectivity index (χ1v) is 9.39. The molecule has 0 spiro atoms. The second-order valence-corrected chi connectivity index (χ2v) is 7.10. The van der Waals surface area contributed by atoms with Gasteiger partial charge in [-0.05, 0) is 51.1 Å². The quantitative estimate of drug-likeness (QED) is 0.809. The molecule has 0 unspecified atom stereocenters. The Balaban J connectivity index is 1.67. The summed E-state index contributed by atoms with van der Waals surface area (Å²) in [5.74, 6) is 0.0819. The number of pyridine rings is 1. The highest BCUT2D eigenvalue weighted by Gasteiger charge is 2.27. The van der Waals surface area contributed by atoms with Gasteiger partial charge in [0.05, 0.1) is 24.9 Å². The van der Waals surface area contributed by atoms with Crippen LogP contribution >= 0.6 is 0 Å². The zero-order valence-electron chi connectivity index (χ0n) is 15.5. The number of hydrogen-bond donors (Lipinski definition) is 2. The minimum atomic E-state index is -0.324. The van der Waals surface area contributed by atoms with E-state index in [2.05, 4.69) is 15.6 Å². The molecule has 26 heavy (non-hydrogen) atoms. The Labute approximate surface area is 153 Å². The molecule has 2 N–H and O–H groups in total. The molecule has 1 atom stereocenters. The zero-order valence-corrected chi connectivity index (χ0v) is 15.5. The van der Waals surface area contributed by atoms with E-state index in [-0.39, 0.29) is 36.3 Å². The molecule has 6 nitrogen and oxygen atoms in total. The maximum atomic E-state index is 14.7. The number of methoxy groups -OCH3 is 2. The van der Waals surface area contributed by atoms with Crippen molar-refractivity contribution in [2.75, 3.05) is 20.8 Å². The lowest BCUT2D eigenvalue weighted by Gasteiger charge is -2.27. The molecule has 1 saturated heterocycles. The zero-order chi connectivity index (χ0) is 18.5. The van der Waals surface area contributed by atoms with Gasteiger partial charge in [-0.15, -0.1) is 0 Å². The van der Waals surface area contributed by atoms with Crippen molar-refractivity contribution in [1.29, 1.82) is 0 Å². The van der Waals surface area contributed by atoms with Crippen LogP contribution in [-0.2, 0) is 16.1 Å². The number of hydrogen-bond acceptors (Lipinski definition) is 5. The van der Waals surface area contributed by atoms with Crippen LogP contribution in [0.3, 0.4) is 0 Å². The first-order chi connectivity index (χ1) is 12.6. The van der Waals surface area contributed by atoms with Crippen molar-refractivity contribution >= 4 is 5.91 Å². The van der Waals surface area contributed by atoms with E-state index in [9.17, 15) is 9.18 Å². The van der Waals surface area contributed by atoms with Crippen LogP contribution in [0, 0.1) is 5.82 Å². The third-order valence-electron chi connectivity index (χ3n) is 5.46. The van der Waals surface area contributed by atoms with Crippen LogP contribution < -0.4 is 15.4 Å². The SMILES string of the molecule is COc1nc(C2CCC(OC)CC2)c(F)cc1CNC(=O)[C@@H]1CCCN1. The molecule has 0 bridgehead atoms. The fourth-order valence-corrected chi connectivity index (χ4v) is 3.90. The number of rotatable bonds is 6. The lowest BCUT2D eigenvalue weighted by atomic mass is 9.84. The molecule has 1 saturated carbocycles. The summed E-state index contributed by atoms with van der Waals surface area (Å²) < 4.78 is 25.4. The smallest absolute Gasteiger partial charge is 0.237 e. The molecule has 1 aliphatic heterocycles. The van der Waals surface area contributed by atoms with E-state index in [1.54, 1.807) is 7.11 Å². The summed E-state index contributed by atoms with van der Waals surface area (Å²) in [6.07, 6.45) is 5.63. The monoisotopic (exact) mass is 365 g/mol. The summed E-state index contributed by atoms with van der Waals surface area (Å²) in [6.45, 7) is 1.07. The molecule has 0 aromatic carbocycles. The van der Waals surface area contributed by atoms with Gasteiger partial charge >= 0.3 is 0 Å². The van der Waals surface area contributed by atoms with Crippen LogP contribution in [0.25, 0.3) is 0 Å². The van der Waals surface area contributed by atoms with E-state index in [1.807, 2.05) is 0 Å². The summed E-state index contributed by atoms with van der Waals surface area (Å²) in [7, 11) is 3.24. The number of carbonyl (C=O) groups is 1. The third-order valence-corrected chi connectivity index (χ3v) is 5.46. The van der Waals surface area contributed by atoms with Gasteiger partial charge in [-0.25, -0.2) is 9.37 Å². The van der Waals surface area contributed by atoms with Gasteiger partial charge in [-0.3, -0.25) is 4.79 Å². The molecule has 1 aromatic rings. The Morgan fingerprint density at radius 1 is 1.31 bits per heavy atom. The van der Waals surface area contributed by atoms with Gasteiger partial charge in [0.25, 0.3) is 0 Å². The fourth-order valence-electron chi connectivity index (χ4n) is 3.90. The second kappa shape index (κ2) is 8.77. The van der Waals surface area contributed by atoms with E-state index in [0.29, 0.717) is 17.1 Å². The first-order valence-electron chi connectivity index (χ1n) is 9.39. The minimum Gasteiger partial charge on any atom is -0.481 e. The maximum absolute atomic E-state index is 14.7. The molecule has 3 rings (SSSR count). The number of aromatic nitrogens is 1. The number of carbonyl (C=O) groups excluding carboxylic acids is 1. The standard InChI is InChI=1S/C19H28FN3O3/c1-25-14-7-5-12(6-8-14)17-15(20)10-13(19(23-17)26-2)11-22-18(24)16-4-3-9-21-16/h10,12,14,16,21H,3-9,11H2,1-2H3,(H,22,24)/t12?,14?,16-/m0/s1. The van der Waals surface area contributed by atoms with Crippen molar-refractivity contribution in [2.24, 2.45) is 0 Å². The number of nitrogens with zero attached hydrogens (tertiary/aromatic N) is 1. The molecule has 2 aliphatic rings. The van der Waals surface area contributed by atoms with Gasteiger partial charge in [-0.1, -0.05) is 0 Å². The summed E-state index contributed by atoms with van der Waals surface area (Å²) in [6, 6.07) is 1.29. The van der Waals surface area contributed by atoms with Gasteiger partial charge in [0.1, 0.15) is 5.82 Å². The summed E-state index contributed by atoms with van der Waals surface area (Å²) >= 11 is 0. The van der Waals surface area contributed by atoms with E-state index >= 15 is 0 Å². The number of halogens is 1. The van der Waals surface area contributed by atoms with Gasteiger partial charge in [0.2, 0.25) is 11.8 Å². The average molecular weight is 365 g/mol. The van der Waals surface area contributed by atoms with Gasteiger partial charge < -0.3 is 20.1 Å². The summed E-state index contributed by atoms with van der Waals surface area (Å²) in [4.78, 5) is 16.6. The van der Waals surface area contributed by atoms with Gasteiger partial charge in [0, 0.05) is 25.1 Å². The Hall–Kier alpha value is -1.73. The highest BCUT2D eigenvalue weighted by molar-refractivity contribution is 5.82. The van der Waals surface area contributed by atoms with Crippen molar-refractivity contribution in [1.82, 2.24) is 15.6 Å². The van der Waals surface area contributed by atoms with Gasteiger partial charge in [-0.2, -0.15) is 0 Å². The van der Waals surface area contributed by atoms with Crippen molar-refractivity contribution in [3.63, 3.8) is 0 Å². The molecule has 7 heteroatoms. The Morgan fingerprint density at radius 2 is 2.08 bits per heavy atom. The number of amides is 1. The van der Waals surface area contributed by atoms with Crippen LogP contribution in [-0.4, -0.2) is 43.8 Å². The van der Waals surface area contributed by atoms with Crippen molar-refractivity contribution in [3.8, 4) is 5.88 Å². The van der Waals surface area contributed by atoms with Crippen LogP contribution in [0.15, 0.2) is 6.07 Å². The van der Waals surface area contributed by atoms with Crippen LogP contribution in [0.4, 0.5) is 4.39 Å². The molecule has 0 radical (unpaired) electrons. The molecule has 2 heterocycles.